The first-order valence-electron chi connectivity index (χ1n) is 7.05. The maximum absolute atomic E-state index is 13.4. The van der Waals surface area contributed by atoms with Gasteiger partial charge in [-0.05, 0) is 60.4 Å². The topological polar surface area (TPSA) is 15.3 Å². The molecule has 1 saturated heterocycles. The highest BCUT2D eigenvalue weighted by atomic mass is 79.9. The molecule has 2 nitrogen and oxygen atoms in total. The van der Waals surface area contributed by atoms with Crippen molar-refractivity contribution in [3.8, 4) is 0 Å². The van der Waals surface area contributed by atoms with E-state index in [-0.39, 0.29) is 5.82 Å². The maximum Gasteiger partial charge on any atom is 0.137 e. The second-order valence-corrected chi connectivity index (χ2v) is 6.15. The summed E-state index contributed by atoms with van der Waals surface area (Å²) in [5.41, 5.74) is 0.977. The standard InChI is InChI=1S/C15H22BrFN2/c1-12(11-19-8-3-2-4-9-19)18-10-13-6-5-7-14(17)15(13)16/h5-7,12,18H,2-4,8-11H2,1H3. The number of hydrogen-bond acceptors (Lipinski definition) is 2. The SMILES string of the molecule is CC(CN1CCCCC1)NCc1cccc(F)c1Br. The molecule has 0 saturated carbocycles. The first-order chi connectivity index (χ1) is 9.16. The fourth-order valence-electron chi connectivity index (χ4n) is 2.56. The maximum atomic E-state index is 13.4. The number of likely N-dealkylation sites (tertiary alicyclic amines) is 1. The minimum Gasteiger partial charge on any atom is -0.309 e. The molecule has 0 aliphatic carbocycles. The molecule has 1 heterocycles. The Bertz CT molecular complexity index is 405. The van der Waals surface area contributed by atoms with Gasteiger partial charge in [0, 0.05) is 19.1 Å². The zero-order valence-corrected chi connectivity index (χ0v) is 13.0. The van der Waals surface area contributed by atoms with Crippen molar-refractivity contribution in [2.45, 2.75) is 38.8 Å². The van der Waals surface area contributed by atoms with E-state index in [1.165, 1.54) is 38.4 Å². The normalized spacial score (nSPS) is 18.5. The molecule has 0 amide bonds. The van der Waals surface area contributed by atoms with Gasteiger partial charge in [-0.3, -0.25) is 0 Å². The molecule has 2 rings (SSSR count). The Labute approximate surface area is 123 Å². The molecule has 1 aromatic rings. The molecule has 1 aliphatic heterocycles. The van der Waals surface area contributed by atoms with E-state index in [4.69, 9.17) is 0 Å². The molecule has 1 fully saturated rings. The van der Waals surface area contributed by atoms with Crippen LogP contribution in [0.4, 0.5) is 4.39 Å². The van der Waals surface area contributed by atoms with Gasteiger partial charge in [-0.2, -0.15) is 0 Å². The van der Waals surface area contributed by atoms with Crippen LogP contribution in [0.3, 0.4) is 0 Å². The molecular weight excluding hydrogens is 307 g/mol. The van der Waals surface area contributed by atoms with Gasteiger partial charge in [0.05, 0.1) is 4.47 Å². The Balaban J connectivity index is 1.79. The van der Waals surface area contributed by atoms with Crippen molar-refractivity contribution in [2.75, 3.05) is 19.6 Å². The molecule has 1 N–H and O–H groups in total. The summed E-state index contributed by atoms with van der Waals surface area (Å²) in [6.07, 6.45) is 4.01. The van der Waals surface area contributed by atoms with Crippen LogP contribution in [0.5, 0.6) is 0 Å². The number of hydrogen-bond donors (Lipinski definition) is 1. The number of nitrogens with zero attached hydrogens (tertiary/aromatic N) is 1. The van der Waals surface area contributed by atoms with E-state index in [1.807, 2.05) is 6.07 Å². The first-order valence-corrected chi connectivity index (χ1v) is 7.85. The molecule has 1 aromatic carbocycles. The molecule has 1 atom stereocenters. The molecule has 4 heteroatoms. The number of nitrogens with one attached hydrogen (secondary N) is 1. The largest absolute Gasteiger partial charge is 0.309 e. The summed E-state index contributed by atoms with van der Waals surface area (Å²) < 4.78 is 14.0. The molecule has 1 aliphatic rings. The van der Waals surface area contributed by atoms with Gasteiger partial charge < -0.3 is 10.2 Å². The molecule has 0 radical (unpaired) electrons. The summed E-state index contributed by atoms with van der Waals surface area (Å²) in [7, 11) is 0. The van der Waals surface area contributed by atoms with Crippen molar-refractivity contribution in [3.05, 3.63) is 34.1 Å². The van der Waals surface area contributed by atoms with Crippen LogP contribution in [0.1, 0.15) is 31.7 Å². The van der Waals surface area contributed by atoms with Gasteiger partial charge in [0.1, 0.15) is 5.82 Å². The highest BCUT2D eigenvalue weighted by Gasteiger charge is 2.13. The van der Waals surface area contributed by atoms with E-state index in [2.05, 4.69) is 33.1 Å². The molecular formula is C15H22BrFN2. The van der Waals surface area contributed by atoms with E-state index in [0.717, 1.165) is 12.1 Å². The van der Waals surface area contributed by atoms with E-state index in [9.17, 15) is 4.39 Å². The van der Waals surface area contributed by atoms with E-state index in [0.29, 0.717) is 17.1 Å². The molecule has 19 heavy (non-hydrogen) atoms. The van der Waals surface area contributed by atoms with Gasteiger partial charge in [0.15, 0.2) is 0 Å². The summed E-state index contributed by atoms with van der Waals surface area (Å²) in [5.74, 6) is -0.192. The van der Waals surface area contributed by atoms with Gasteiger partial charge in [-0.1, -0.05) is 18.6 Å². The average Bonchev–Trinajstić information content (AvgIpc) is 2.42. The van der Waals surface area contributed by atoms with Crippen molar-refractivity contribution >= 4 is 15.9 Å². The van der Waals surface area contributed by atoms with Gasteiger partial charge in [0.25, 0.3) is 0 Å². The van der Waals surface area contributed by atoms with Crippen LogP contribution in [-0.2, 0) is 6.54 Å². The monoisotopic (exact) mass is 328 g/mol. The van der Waals surface area contributed by atoms with Gasteiger partial charge in [-0.25, -0.2) is 4.39 Å². The van der Waals surface area contributed by atoms with Crippen molar-refractivity contribution in [2.24, 2.45) is 0 Å². The second kappa shape index (κ2) is 7.36. The first kappa shape index (κ1) is 14.9. The highest BCUT2D eigenvalue weighted by Crippen LogP contribution is 2.20. The minimum atomic E-state index is -0.192. The molecule has 0 aromatic heterocycles. The number of piperidine rings is 1. The fourth-order valence-corrected chi connectivity index (χ4v) is 2.97. The van der Waals surface area contributed by atoms with Crippen LogP contribution in [0.25, 0.3) is 0 Å². The lowest BCUT2D eigenvalue weighted by molar-refractivity contribution is 0.209. The second-order valence-electron chi connectivity index (χ2n) is 5.36. The van der Waals surface area contributed by atoms with E-state index in [1.54, 1.807) is 6.07 Å². The van der Waals surface area contributed by atoms with Crippen LogP contribution < -0.4 is 5.32 Å². The van der Waals surface area contributed by atoms with Crippen LogP contribution in [0, 0.1) is 5.82 Å². The molecule has 106 valence electrons. The van der Waals surface area contributed by atoms with Gasteiger partial charge in [-0.15, -0.1) is 0 Å². The summed E-state index contributed by atoms with van der Waals surface area (Å²) in [4.78, 5) is 2.52. The van der Waals surface area contributed by atoms with Crippen LogP contribution >= 0.6 is 15.9 Å². The molecule has 0 spiro atoms. The van der Waals surface area contributed by atoms with Crippen molar-refractivity contribution in [3.63, 3.8) is 0 Å². The zero-order valence-electron chi connectivity index (χ0n) is 11.5. The third-order valence-electron chi connectivity index (χ3n) is 3.65. The Morgan fingerprint density at radius 3 is 2.79 bits per heavy atom. The summed E-state index contributed by atoms with van der Waals surface area (Å²) >= 11 is 3.30. The van der Waals surface area contributed by atoms with Crippen LogP contribution in [0.2, 0.25) is 0 Å². The number of rotatable bonds is 5. The third-order valence-corrected chi connectivity index (χ3v) is 4.54. The van der Waals surface area contributed by atoms with E-state index < -0.39 is 0 Å². The van der Waals surface area contributed by atoms with Crippen molar-refractivity contribution in [1.82, 2.24) is 10.2 Å². The predicted octanol–water partition coefficient (Wildman–Crippen LogP) is 3.55. The summed E-state index contributed by atoms with van der Waals surface area (Å²) in [5, 5.41) is 3.48. The van der Waals surface area contributed by atoms with E-state index >= 15 is 0 Å². The number of benzene rings is 1. The van der Waals surface area contributed by atoms with Crippen molar-refractivity contribution < 1.29 is 4.39 Å². The summed E-state index contributed by atoms with van der Waals surface area (Å²) in [6, 6.07) is 5.61. The van der Waals surface area contributed by atoms with Crippen LogP contribution in [0.15, 0.2) is 22.7 Å². The Kier molecular flexibility index (Phi) is 5.79. The quantitative estimate of drug-likeness (QED) is 0.889. The van der Waals surface area contributed by atoms with Crippen LogP contribution in [-0.4, -0.2) is 30.6 Å². The molecule has 1 unspecified atom stereocenters. The lowest BCUT2D eigenvalue weighted by Crippen LogP contribution is -2.41. The molecule has 0 bridgehead atoms. The smallest absolute Gasteiger partial charge is 0.137 e. The fraction of sp³-hybridized carbons (Fsp3) is 0.600. The third kappa shape index (κ3) is 4.55. The van der Waals surface area contributed by atoms with Gasteiger partial charge in [0.2, 0.25) is 0 Å². The number of halogens is 2. The van der Waals surface area contributed by atoms with Crippen molar-refractivity contribution in [1.29, 1.82) is 0 Å². The predicted molar refractivity (Wildman–Crippen MR) is 80.7 cm³/mol. The zero-order chi connectivity index (χ0) is 13.7. The lowest BCUT2D eigenvalue weighted by Gasteiger charge is -2.29. The minimum absolute atomic E-state index is 0.192. The Morgan fingerprint density at radius 2 is 2.05 bits per heavy atom. The Hall–Kier alpha value is -0.450. The lowest BCUT2D eigenvalue weighted by atomic mass is 10.1. The van der Waals surface area contributed by atoms with Gasteiger partial charge >= 0.3 is 0 Å². The Morgan fingerprint density at radius 1 is 1.32 bits per heavy atom. The highest BCUT2D eigenvalue weighted by molar-refractivity contribution is 9.10. The average molecular weight is 329 g/mol. The summed E-state index contributed by atoms with van der Waals surface area (Å²) in [6.45, 7) is 6.41.